The highest BCUT2D eigenvalue weighted by atomic mass is 16.5. The van der Waals surface area contributed by atoms with Gasteiger partial charge >= 0.3 is 0 Å². The van der Waals surface area contributed by atoms with Crippen LogP contribution in [0.15, 0.2) is 16.7 Å². The van der Waals surface area contributed by atoms with E-state index in [0.717, 1.165) is 49.5 Å². The molecule has 3 aliphatic carbocycles. The van der Waals surface area contributed by atoms with Crippen LogP contribution in [0.1, 0.15) is 53.9 Å². The molecule has 3 atom stereocenters. The van der Waals surface area contributed by atoms with E-state index < -0.39 is 0 Å². The molecule has 4 rings (SSSR count). The van der Waals surface area contributed by atoms with Gasteiger partial charge in [0.1, 0.15) is 5.76 Å². The number of allylic oxidation sites excluding steroid dienone is 2. The number of nitrogens with one attached hydrogen (secondary N) is 1. The molecule has 112 valence electrons. The lowest BCUT2D eigenvalue weighted by Gasteiger charge is -2.18. The first-order chi connectivity index (χ1) is 10.3. The lowest BCUT2D eigenvalue weighted by atomic mass is 9.93. The molecule has 0 unspecified atom stereocenters. The Morgan fingerprint density at radius 1 is 1.24 bits per heavy atom. The summed E-state index contributed by atoms with van der Waals surface area (Å²) in [5.74, 6) is 2.91. The summed E-state index contributed by atoms with van der Waals surface area (Å²) in [5.41, 5.74) is 1.59. The highest BCUT2D eigenvalue weighted by molar-refractivity contribution is 5.93. The minimum atomic E-state index is -0.0475. The molecule has 3 aliphatic rings. The summed E-state index contributed by atoms with van der Waals surface area (Å²) in [4.78, 5) is 12.4. The first kappa shape index (κ1) is 13.1. The molecular formula is C17H22N2O2. The van der Waals surface area contributed by atoms with Crippen molar-refractivity contribution in [3.05, 3.63) is 29.2 Å². The van der Waals surface area contributed by atoms with Gasteiger partial charge in [-0.2, -0.15) is 0 Å². The number of carbonyl (C=O) groups excluding carboxylic acids is 1. The molecule has 1 amide bonds. The van der Waals surface area contributed by atoms with Gasteiger partial charge in [0.05, 0.1) is 0 Å². The minimum absolute atomic E-state index is 0.0475. The Kier molecular flexibility index (Phi) is 3.32. The minimum Gasteiger partial charge on any atom is -0.360 e. The maximum Gasteiger partial charge on any atom is 0.273 e. The van der Waals surface area contributed by atoms with E-state index in [4.69, 9.17) is 4.52 Å². The maximum atomic E-state index is 12.4. The van der Waals surface area contributed by atoms with E-state index in [1.807, 2.05) is 0 Å². The van der Waals surface area contributed by atoms with Crippen LogP contribution < -0.4 is 5.32 Å². The number of hydrogen-bond donors (Lipinski definition) is 1. The number of nitrogens with zero attached hydrogens (tertiary/aromatic N) is 1. The van der Waals surface area contributed by atoms with E-state index in [2.05, 4.69) is 22.6 Å². The summed E-state index contributed by atoms with van der Waals surface area (Å²) in [5, 5.41) is 7.12. The summed E-state index contributed by atoms with van der Waals surface area (Å²) in [6.07, 6.45) is 12.5. The quantitative estimate of drug-likeness (QED) is 0.686. The molecule has 1 aromatic rings. The van der Waals surface area contributed by atoms with Gasteiger partial charge in [-0.05, 0) is 49.9 Å². The summed E-state index contributed by atoms with van der Waals surface area (Å²) >= 11 is 0. The molecule has 0 radical (unpaired) electrons. The lowest BCUT2D eigenvalue weighted by molar-refractivity contribution is 0.0935. The number of rotatable bonds is 3. The van der Waals surface area contributed by atoms with E-state index in [9.17, 15) is 4.79 Å². The van der Waals surface area contributed by atoms with Crippen molar-refractivity contribution >= 4 is 5.91 Å². The zero-order valence-corrected chi connectivity index (χ0v) is 12.3. The van der Waals surface area contributed by atoms with Crippen LogP contribution in [0.3, 0.4) is 0 Å². The highest BCUT2D eigenvalue weighted by Crippen LogP contribution is 2.42. The number of fused-ring (bicyclic) bond motifs is 3. The smallest absolute Gasteiger partial charge is 0.273 e. The van der Waals surface area contributed by atoms with Crippen LogP contribution in [0.4, 0.5) is 0 Å². The SMILES string of the molecule is O=C(NC[C@@H]1C[C@H]2C=C[C@H]1C2)c1noc2c1CCCCC2. The standard InChI is InChI=1S/C17H22N2O2/c20-17(18-10-13-9-11-6-7-12(13)8-11)16-14-4-2-1-3-5-15(14)21-19-16/h6-7,11-13H,1-5,8-10H2,(H,18,20)/t11-,12-,13-/m0/s1. The van der Waals surface area contributed by atoms with Crippen LogP contribution in [0.2, 0.25) is 0 Å². The lowest BCUT2D eigenvalue weighted by Crippen LogP contribution is -2.31. The van der Waals surface area contributed by atoms with Gasteiger partial charge in [0, 0.05) is 18.5 Å². The monoisotopic (exact) mass is 286 g/mol. The number of aryl methyl sites for hydroxylation is 1. The third-order valence-electron chi connectivity index (χ3n) is 5.36. The highest BCUT2D eigenvalue weighted by Gasteiger charge is 2.35. The van der Waals surface area contributed by atoms with Crippen LogP contribution >= 0.6 is 0 Å². The molecule has 21 heavy (non-hydrogen) atoms. The zero-order valence-electron chi connectivity index (χ0n) is 12.3. The van der Waals surface area contributed by atoms with Gasteiger partial charge in [-0.1, -0.05) is 23.7 Å². The zero-order chi connectivity index (χ0) is 14.2. The van der Waals surface area contributed by atoms with Gasteiger partial charge in [-0.25, -0.2) is 0 Å². The number of carbonyl (C=O) groups is 1. The summed E-state index contributed by atoms with van der Waals surface area (Å²) < 4.78 is 5.39. The Balaban J connectivity index is 1.41. The van der Waals surface area contributed by atoms with Crippen LogP contribution in [0.25, 0.3) is 0 Å². The van der Waals surface area contributed by atoms with Crippen molar-refractivity contribution in [2.45, 2.75) is 44.9 Å². The van der Waals surface area contributed by atoms with E-state index in [-0.39, 0.29) is 5.91 Å². The fourth-order valence-electron chi connectivity index (χ4n) is 4.18. The van der Waals surface area contributed by atoms with Crippen LogP contribution in [0, 0.1) is 17.8 Å². The Morgan fingerprint density at radius 3 is 2.95 bits per heavy atom. The normalized spacial score (nSPS) is 30.2. The Morgan fingerprint density at radius 2 is 2.14 bits per heavy atom. The van der Waals surface area contributed by atoms with Crippen LogP contribution in [-0.2, 0) is 12.8 Å². The first-order valence-electron chi connectivity index (χ1n) is 8.25. The fraction of sp³-hybridized carbons (Fsp3) is 0.647. The van der Waals surface area contributed by atoms with Crippen molar-refractivity contribution in [3.63, 3.8) is 0 Å². The molecule has 4 nitrogen and oxygen atoms in total. The van der Waals surface area contributed by atoms with E-state index in [0.29, 0.717) is 17.5 Å². The van der Waals surface area contributed by atoms with Gasteiger partial charge in [-0.15, -0.1) is 0 Å². The average molecular weight is 286 g/mol. The van der Waals surface area contributed by atoms with Gasteiger partial charge in [-0.3, -0.25) is 4.79 Å². The van der Waals surface area contributed by atoms with Crippen LogP contribution in [0.5, 0.6) is 0 Å². The molecule has 1 N–H and O–H groups in total. The number of amides is 1. The van der Waals surface area contributed by atoms with Gasteiger partial charge in [0.2, 0.25) is 0 Å². The summed E-state index contributed by atoms with van der Waals surface area (Å²) in [7, 11) is 0. The second kappa shape index (κ2) is 5.32. The van der Waals surface area contributed by atoms with E-state index >= 15 is 0 Å². The van der Waals surface area contributed by atoms with Crippen molar-refractivity contribution in [1.29, 1.82) is 0 Å². The van der Waals surface area contributed by atoms with Gasteiger partial charge < -0.3 is 9.84 Å². The molecule has 0 spiro atoms. The molecule has 2 bridgehead atoms. The molecule has 4 heteroatoms. The second-order valence-corrected chi connectivity index (χ2v) is 6.74. The summed E-state index contributed by atoms with van der Waals surface area (Å²) in [6, 6.07) is 0. The number of hydrogen-bond acceptors (Lipinski definition) is 3. The molecule has 1 heterocycles. The summed E-state index contributed by atoms with van der Waals surface area (Å²) in [6.45, 7) is 0.770. The Bertz CT molecular complexity index is 575. The first-order valence-corrected chi connectivity index (χ1v) is 8.25. The molecular weight excluding hydrogens is 264 g/mol. The van der Waals surface area contributed by atoms with Crippen molar-refractivity contribution < 1.29 is 9.32 Å². The molecule has 0 aromatic carbocycles. The number of aromatic nitrogens is 1. The second-order valence-electron chi connectivity index (χ2n) is 6.74. The predicted molar refractivity (Wildman–Crippen MR) is 78.9 cm³/mol. The molecule has 1 fully saturated rings. The third-order valence-corrected chi connectivity index (χ3v) is 5.36. The Labute approximate surface area is 125 Å². The Hall–Kier alpha value is -1.58. The fourth-order valence-corrected chi connectivity index (χ4v) is 4.18. The third kappa shape index (κ3) is 2.41. The van der Waals surface area contributed by atoms with Gasteiger partial charge in [0.25, 0.3) is 5.91 Å². The molecule has 0 saturated heterocycles. The van der Waals surface area contributed by atoms with Crippen molar-refractivity contribution in [2.24, 2.45) is 17.8 Å². The van der Waals surface area contributed by atoms with Gasteiger partial charge in [0.15, 0.2) is 5.69 Å². The molecule has 0 aliphatic heterocycles. The van der Waals surface area contributed by atoms with E-state index in [1.165, 1.54) is 19.3 Å². The van der Waals surface area contributed by atoms with E-state index in [1.54, 1.807) is 0 Å². The predicted octanol–water partition coefficient (Wildman–Crippen LogP) is 2.89. The van der Waals surface area contributed by atoms with Crippen molar-refractivity contribution in [2.75, 3.05) is 6.54 Å². The topological polar surface area (TPSA) is 55.1 Å². The molecule has 1 aromatic heterocycles. The largest absolute Gasteiger partial charge is 0.360 e. The van der Waals surface area contributed by atoms with Crippen LogP contribution in [-0.4, -0.2) is 17.6 Å². The maximum absolute atomic E-state index is 12.4. The van der Waals surface area contributed by atoms with Crippen molar-refractivity contribution in [3.8, 4) is 0 Å². The molecule has 1 saturated carbocycles. The average Bonchev–Trinajstić information content (AvgIpc) is 3.17. The van der Waals surface area contributed by atoms with Crippen molar-refractivity contribution in [1.82, 2.24) is 10.5 Å².